The van der Waals surface area contributed by atoms with Crippen LogP contribution >= 0.6 is 0 Å². The summed E-state index contributed by atoms with van der Waals surface area (Å²) in [6.07, 6.45) is 11.4. The van der Waals surface area contributed by atoms with E-state index in [1.54, 1.807) is 17.1 Å². The van der Waals surface area contributed by atoms with E-state index in [1.165, 1.54) is 32.1 Å². The Bertz CT molecular complexity index is 729. The zero-order valence-electron chi connectivity index (χ0n) is 15.4. The van der Waals surface area contributed by atoms with Crippen molar-refractivity contribution in [2.75, 3.05) is 5.32 Å². The summed E-state index contributed by atoms with van der Waals surface area (Å²) in [7, 11) is 0. The Balaban J connectivity index is 1.56. The van der Waals surface area contributed by atoms with Crippen LogP contribution in [-0.2, 0) is 4.79 Å². The molecule has 0 aromatic carbocycles. The Labute approximate surface area is 149 Å². The van der Waals surface area contributed by atoms with Gasteiger partial charge in [-0.2, -0.15) is 5.10 Å². The largest absolute Gasteiger partial charge is 0.323 e. The molecule has 0 unspecified atom stereocenters. The molecule has 25 heavy (non-hydrogen) atoms. The molecule has 0 aliphatic heterocycles. The number of amides is 1. The molecule has 0 radical (unpaired) electrons. The van der Waals surface area contributed by atoms with Crippen molar-refractivity contribution in [1.29, 1.82) is 0 Å². The van der Waals surface area contributed by atoms with Crippen molar-refractivity contribution in [2.45, 2.75) is 65.7 Å². The molecule has 3 rings (SSSR count). The van der Waals surface area contributed by atoms with Crippen molar-refractivity contribution in [3.63, 3.8) is 0 Å². The lowest BCUT2D eigenvalue weighted by Gasteiger charge is -2.20. The maximum absolute atomic E-state index is 12.1. The van der Waals surface area contributed by atoms with Crippen LogP contribution in [0.25, 0.3) is 5.95 Å². The van der Waals surface area contributed by atoms with Crippen LogP contribution in [-0.4, -0.2) is 25.7 Å². The van der Waals surface area contributed by atoms with E-state index < -0.39 is 0 Å². The molecule has 1 amide bonds. The van der Waals surface area contributed by atoms with Crippen LogP contribution in [0.15, 0.2) is 12.4 Å². The second-order valence-corrected chi connectivity index (χ2v) is 7.07. The summed E-state index contributed by atoms with van der Waals surface area (Å²) < 4.78 is 1.74. The van der Waals surface area contributed by atoms with Crippen LogP contribution in [0.5, 0.6) is 0 Å². The first-order valence-corrected chi connectivity index (χ1v) is 9.19. The normalized spacial score (nSPS) is 15.3. The highest BCUT2D eigenvalue weighted by molar-refractivity contribution is 5.90. The van der Waals surface area contributed by atoms with Gasteiger partial charge in [0.25, 0.3) is 5.95 Å². The number of carbonyl (C=O) groups is 1. The average Bonchev–Trinajstić information content (AvgIpc) is 2.89. The monoisotopic (exact) mass is 341 g/mol. The van der Waals surface area contributed by atoms with Gasteiger partial charge in [-0.3, -0.25) is 4.79 Å². The molecular weight excluding hydrogens is 314 g/mol. The first kappa shape index (κ1) is 17.6. The third-order valence-electron chi connectivity index (χ3n) is 5.27. The lowest BCUT2D eigenvalue weighted by molar-refractivity contribution is -0.116. The Morgan fingerprint density at radius 3 is 2.44 bits per heavy atom. The Hall–Kier alpha value is -2.24. The molecule has 2 aromatic heterocycles. The van der Waals surface area contributed by atoms with Crippen molar-refractivity contribution >= 4 is 11.6 Å². The molecular formula is C19H27N5O. The fraction of sp³-hybridized carbons (Fsp3) is 0.579. The van der Waals surface area contributed by atoms with Gasteiger partial charge in [-0.25, -0.2) is 14.6 Å². The number of hydrogen-bond donors (Lipinski definition) is 1. The summed E-state index contributed by atoms with van der Waals surface area (Å²) in [5.74, 6) is 1.28. The maximum atomic E-state index is 12.1. The smallest absolute Gasteiger partial charge is 0.250 e. The first-order chi connectivity index (χ1) is 12.0. The first-order valence-electron chi connectivity index (χ1n) is 9.19. The molecule has 1 aliphatic rings. The van der Waals surface area contributed by atoms with Gasteiger partial charge in [0.1, 0.15) is 0 Å². The number of anilines is 1. The zero-order chi connectivity index (χ0) is 17.8. The van der Waals surface area contributed by atoms with E-state index in [-0.39, 0.29) is 5.91 Å². The molecule has 0 bridgehead atoms. The minimum absolute atomic E-state index is 0.0453. The van der Waals surface area contributed by atoms with Crippen LogP contribution < -0.4 is 5.32 Å². The number of aryl methyl sites for hydroxylation is 1. The molecule has 1 aliphatic carbocycles. The zero-order valence-corrected chi connectivity index (χ0v) is 15.4. The SMILES string of the molecule is Cc1nn(-c2ncc(NC(=O)CCC3CCCCC3)cn2)c(C)c1C. The molecule has 0 atom stereocenters. The standard InChI is InChI=1S/C19H27N5O/c1-13-14(2)23-24(15(13)3)19-20-11-17(12-21-19)22-18(25)10-9-16-7-5-4-6-8-16/h11-12,16H,4-10H2,1-3H3,(H,22,25). The van der Waals surface area contributed by atoms with Gasteiger partial charge in [0, 0.05) is 12.1 Å². The Morgan fingerprint density at radius 2 is 1.84 bits per heavy atom. The van der Waals surface area contributed by atoms with Crippen LogP contribution in [0, 0.1) is 26.7 Å². The van der Waals surface area contributed by atoms with Gasteiger partial charge in [0.15, 0.2) is 0 Å². The van der Waals surface area contributed by atoms with E-state index in [9.17, 15) is 4.79 Å². The molecule has 6 heteroatoms. The Kier molecular flexibility index (Phi) is 5.46. The van der Waals surface area contributed by atoms with Crippen LogP contribution in [0.2, 0.25) is 0 Å². The highest BCUT2D eigenvalue weighted by Crippen LogP contribution is 2.27. The average molecular weight is 341 g/mol. The van der Waals surface area contributed by atoms with Crippen LogP contribution in [0.4, 0.5) is 5.69 Å². The van der Waals surface area contributed by atoms with E-state index in [1.807, 2.05) is 20.8 Å². The number of hydrogen-bond acceptors (Lipinski definition) is 4. The van der Waals surface area contributed by atoms with Crippen LogP contribution in [0.3, 0.4) is 0 Å². The van der Waals surface area contributed by atoms with Crippen molar-refractivity contribution in [3.05, 3.63) is 29.3 Å². The predicted molar refractivity (Wildman–Crippen MR) is 97.8 cm³/mol. The number of rotatable bonds is 5. The summed E-state index contributed by atoms with van der Waals surface area (Å²) in [6.45, 7) is 6.01. The van der Waals surface area contributed by atoms with E-state index in [2.05, 4.69) is 20.4 Å². The minimum Gasteiger partial charge on any atom is -0.323 e. The maximum Gasteiger partial charge on any atom is 0.250 e. The summed E-state index contributed by atoms with van der Waals surface area (Å²) in [5, 5.41) is 7.35. The second kappa shape index (κ2) is 7.76. The Morgan fingerprint density at radius 1 is 1.16 bits per heavy atom. The number of nitrogens with zero attached hydrogens (tertiary/aromatic N) is 4. The van der Waals surface area contributed by atoms with Gasteiger partial charge in [-0.15, -0.1) is 0 Å². The molecule has 6 nitrogen and oxygen atoms in total. The molecule has 0 saturated heterocycles. The van der Waals surface area contributed by atoms with E-state index >= 15 is 0 Å². The van der Waals surface area contributed by atoms with E-state index in [0.717, 1.165) is 23.4 Å². The summed E-state index contributed by atoms with van der Waals surface area (Å²) >= 11 is 0. The summed E-state index contributed by atoms with van der Waals surface area (Å²) in [5.41, 5.74) is 3.78. The number of aromatic nitrogens is 4. The molecule has 2 heterocycles. The second-order valence-electron chi connectivity index (χ2n) is 7.07. The van der Waals surface area contributed by atoms with Crippen molar-refractivity contribution < 1.29 is 4.79 Å². The van der Waals surface area contributed by atoms with Crippen molar-refractivity contribution in [2.24, 2.45) is 5.92 Å². The quantitative estimate of drug-likeness (QED) is 0.895. The molecule has 134 valence electrons. The fourth-order valence-electron chi connectivity index (χ4n) is 3.45. The lowest BCUT2D eigenvalue weighted by atomic mass is 9.86. The van der Waals surface area contributed by atoms with Gasteiger partial charge in [0.2, 0.25) is 5.91 Å². The van der Waals surface area contributed by atoms with Crippen molar-refractivity contribution in [3.8, 4) is 5.95 Å². The highest BCUT2D eigenvalue weighted by Gasteiger charge is 2.15. The topological polar surface area (TPSA) is 72.7 Å². The third-order valence-corrected chi connectivity index (χ3v) is 5.27. The molecule has 1 saturated carbocycles. The van der Waals surface area contributed by atoms with Gasteiger partial charge in [0.05, 0.1) is 23.8 Å². The molecule has 1 N–H and O–H groups in total. The molecule has 1 fully saturated rings. The summed E-state index contributed by atoms with van der Waals surface area (Å²) in [4.78, 5) is 20.8. The van der Waals surface area contributed by atoms with Gasteiger partial charge in [-0.05, 0) is 38.7 Å². The van der Waals surface area contributed by atoms with E-state index in [4.69, 9.17) is 0 Å². The van der Waals surface area contributed by atoms with E-state index in [0.29, 0.717) is 24.0 Å². The predicted octanol–water partition coefficient (Wildman–Crippen LogP) is 3.89. The highest BCUT2D eigenvalue weighted by atomic mass is 16.1. The van der Waals surface area contributed by atoms with Crippen LogP contribution in [0.1, 0.15) is 61.9 Å². The van der Waals surface area contributed by atoms with Gasteiger partial charge in [-0.1, -0.05) is 32.1 Å². The lowest BCUT2D eigenvalue weighted by Crippen LogP contribution is -2.15. The third kappa shape index (κ3) is 4.24. The van der Waals surface area contributed by atoms with Gasteiger partial charge < -0.3 is 5.32 Å². The number of carbonyl (C=O) groups excluding carboxylic acids is 1. The fourth-order valence-corrected chi connectivity index (χ4v) is 3.45. The van der Waals surface area contributed by atoms with Gasteiger partial charge >= 0.3 is 0 Å². The van der Waals surface area contributed by atoms with Crippen molar-refractivity contribution in [1.82, 2.24) is 19.7 Å². The molecule has 0 spiro atoms. The summed E-state index contributed by atoms with van der Waals surface area (Å²) in [6, 6.07) is 0. The number of nitrogens with one attached hydrogen (secondary N) is 1. The minimum atomic E-state index is 0.0453. The molecule has 2 aromatic rings.